The number of Topliss-reactive ketones (excluding diaryl/α,β-unsaturated/α-hetero) is 1. The molecule has 0 aromatic rings. The summed E-state index contributed by atoms with van der Waals surface area (Å²) < 4.78 is 0. The van der Waals surface area contributed by atoms with Crippen LogP contribution in [0.5, 0.6) is 0 Å². The summed E-state index contributed by atoms with van der Waals surface area (Å²) in [5.41, 5.74) is 0. The van der Waals surface area contributed by atoms with Crippen LogP contribution in [0.15, 0.2) is 0 Å². The van der Waals surface area contributed by atoms with Crippen LogP contribution in [0.2, 0.25) is 0 Å². The fourth-order valence-corrected chi connectivity index (χ4v) is 3.78. The van der Waals surface area contributed by atoms with Crippen LogP contribution in [0.3, 0.4) is 0 Å². The van der Waals surface area contributed by atoms with Crippen molar-refractivity contribution in [2.24, 2.45) is 23.7 Å². The monoisotopic (exact) mass is 235 g/mol. The second-order valence-corrected chi connectivity index (χ2v) is 6.04. The van der Waals surface area contributed by atoms with E-state index in [2.05, 4.69) is 0 Å². The van der Waals surface area contributed by atoms with Gasteiger partial charge in [-0.2, -0.15) is 0 Å². The predicted octanol–water partition coefficient (Wildman–Crippen LogP) is 1.86. The van der Waals surface area contributed by atoms with Crippen LogP contribution >= 0.6 is 0 Å². The van der Waals surface area contributed by atoms with Gasteiger partial charge in [-0.05, 0) is 24.7 Å². The maximum atomic E-state index is 12.4. The van der Waals surface area contributed by atoms with Gasteiger partial charge in [-0.25, -0.2) is 0 Å². The molecule has 0 spiro atoms. The van der Waals surface area contributed by atoms with Gasteiger partial charge in [0, 0.05) is 31.3 Å². The smallest absolute Gasteiger partial charge is 0.226 e. The number of rotatable bonds is 1. The lowest BCUT2D eigenvalue weighted by Crippen LogP contribution is -2.44. The lowest BCUT2D eigenvalue weighted by atomic mass is 9.98. The zero-order valence-electron chi connectivity index (χ0n) is 10.5. The average molecular weight is 235 g/mol. The molecule has 17 heavy (non-hydrogen) atoms. The number of hydrogen-bond acceptors (Lipinski definition) is 2. The van der Waals surface area contributed by atoms with Gasteiger partial charge in [-0.3, -0.25) is 9.59 Å². The Labute approximate surface area is 103 Å². The summed E-state index contributed by atoms with van der Waals surface area (Å²) in [6, 6.07) is 0. The Morgan fingerprint density at radius 3 is 2.47 bits per heavy atom. The minimum atomic E-state index is 0.0495. The highest BCUT2D eigenvalue weighted by atomic mass is 16.2. The van der Waals surface area contributed by atoms with Crippen LogP contribution in [-0.2, 0) is 9.59 Å². The van der Waals surface area contributed by atoms with Crippen LogP contribution in [-0.4, -0.2) is 29.7 Å². The second kappa shape index (κ2) is 4.11. The summed E-state index contributed by atoms with van der Waals surface area (Å²) in [5.74, 6) is 2.41. The van der Waals surface area contributed by atoms with Gasteiger partial charge in [0.05, 0.1) is 0 Å². The fourth-order valence-electron chi connectivity index (χ4n) is 3.78. The molecule has 3 unspecified atom stereocenters. The molecule has 3 rings (SSSR count). The lowest BCUT2D eigenvalue weighted by Gasteiger charge is -2.30. The van der Waals surface area contributed by atoms with E-state index in [0.717, 1.165) is 0 Å². The van der Waals surface area contributed by atoms with Gasteiger partial charge in [0.1, 0.15) is 5.78 Å². The maximum Gasteiger partial charge on any atom is 0.226 e. The van der Waals surface area contributed by atoms with Gasteiger partial charge in [0.2, 0.25) is 5.91 Å². The van der Waals surface area contributed by atoms with Crippen LogP contribution in [0, 0.1) is 23.7 Å². The number of carbonyl (C=O) groups is 2. The molecule has 94 valence electrons. The molecule has 0 aromatic heterocycles. The third-order valence-corrected chi connectivity index (χ3v) is 4.93. The average Bonchev–Trinajstić information content (AvgIpc) is 3.06. The minimum Gasteiger partial charge on any atom is -0.341 e. The van der Waals surface area contributed by atoms with Crippen LogP contribution < -0.4 is 0 Å². The van der Waals surface area contributed by atoms with Crippen LogP contribution in [0.1, 0.15) is 39.0 Å². The van der Waals surface area contributed by atoms with E-state index in [9.17, 15) is 9.59 Å². The first-order chi connectivity index (χ1) is 8.18. The summed E-state index contributed by atoms with van der Waals surface area (Å²) in [6.45, 7) is 3.27. The highest BCUT2D eigenvalue weighted by molar-refractivity contribution is 5.87. The van der Waals surface area contributed by atoms with Gasteiger partial charge >= 0.3 is 0 Å². The molecule has 0 bridgehead atoms. The molecule has 2 aliphatic carbocycles. The SMILES string of the molecule is CC1CN(C(=O)C2C3CCCCC32)CCC1=O. The largest absolute Gasteiger partial charge is 0.341 e. The van der Waals surface area contributed by atoms with E-state index in [0.29, 0.717) is 49.0 Å². The summed E-state index contributed by atoms with van der Waals surface area (Å²) in [4.78, 5) is 25.8. The van der Waals surface area contributed by atoms with E-state index in [-0.39, 0.29) is 5.92 Å². The van der Waals surface area contributed by atoms with Crippen LogP contribution in [0.25, 0.3) is 0 Å². The molecule has 1 aliphatic heterocycles. The van der Waals surface area contributed by atoms with E-state index in [4.69, 9.17) is 0 Å². The number of hydrogen-bond donors (Lipinski definition) is 0. The van der Waals surface area contributed by atoms with Gasteiger partial charge < -0.3 is 4.90 Å². The third kappa shape index (κ3) is 1.90. The van der Waals surface area contributed by atoms with E-state index in [1.807, 2.05) is 11.8 Å². The van der Waals surface area contributed by atoms with Crippen molar-refractivity contribution in [3.8, 4) is 0 Å². The highest BCUT2D eigenvalue weighted by Gasteiger charge is 2.56. The Bertz CT molecular complexity index is 340. The number of carbonyl (C=O) groups excluding carboxylic acids is 2. The molecule has 0 N–H and O–H groups in total. The fraction of sp³-hybridized carbons (Fsp3) is 0.857. The van der Waals surface area contributed by atoms with Gasteiger partial charge in [0.15, 0.2) is 0 Å². The van der Waals surface area contributed by atoms with Crippen molar-refractivity contribution in [1.82, 2.24) is 4.90 Å². The number of fused-ring (bicyclic) bond motifs is 1. The standard InChI is InChI=1S/C14H21NO2/c1-9-8-15(7-6-12(9)16)14(17)13-10-4-2-3-5-11(10)13/h9-11,13H,2-8H2,1H3. The topological polar surface area (TPSA) is 37.4 Å². The Morgan fingerprint density at radius 1 is 1.24 bits per heavy atom. The number of ketones is 1. The van der Waals surface area contributed by atoms with Crippen molar-refractivity contribution in [3.63, 3.8) is 0 Å². The highest BCUT2D eigenvalue weighted by Crippen LogP contribution is 2.56. The van der Waals surface area contributed by atoms with Gasteiger partial charge in [-0.15, -0.1) is 0 Å². The summed E-state index contributed by atoms with van der Waals surface area (Å²) >= 11 is 0. The summed E-state index contributed by atoms with van der Waals surface area (Å²) in [7, 11) is 0. The van der Waals surface area contributed by atoms with E-state index < -0.39 is 0 Å². The first kappa shape index (κ1) is 11.2. The zero-order valence-corrected chi connectivity index (χ0v) is 10.5. The normalized spacial score (nSPS) is 41.0. The van der Waals surface area contributed by atoms with E-state index >= 15 is 0 Å². The predicted molar refractivity (Wildman–Crippen MR) is 64.3 cm³/mol. The molecule has 0 aromatic carbocycles. The number of piperidine rings is 1. The quantitative estimate of drug-likeness (QED) is 0.695. The lowest BCUT2D eigenvalue weighted by molar-refractivity contribution is -0.138. The Kier molecular flexibility index (Phi) is 2.72. The molecule has 1 heterocycles. The molecule has 3 atom stereocenters. The Morgan fingerprint density at radius 2 is 1.88 bits per heavy atom. The van der Waals surface area contributed by atoms with Crippen molar-refractivity contribution >= 4 is 11.7 Å². The summed E-state index contributed by atoms with van der Waals surface area (Å²) in [5, 5.41) is 0. The molecule has 3 aliphatic rings. The zero-order chi connectivity index (χ0) is 12.0. The maximum absolute atomic E-state index is 12.4. The van der Waals surface area contributed by atoms with Gasteiger partial charge in [0.25, 0.3) is 0 Å². The molecule has 2 saturated carbocycles. The number of likely N-dealkylation sites (tertiary alicyclic amines) is 1. The van der Waals surface area contributed by atoms with Gasteiger partial charge in [-0.1, -0.05) is 19.8 Å². The Balaban J connectivity index is 1.62. The first-order valence-corrected chi connectivity index (χ1v) is 7.00. The van der Waals surface area contributed by atoms with E-state index in [1.54, 1.807) is 0 Å². The second-order valence-electron chi connectivity index (χ2n) is 6.04. The van der Waals surface area contributed by atoms with Crippen LogP contribution in [0.4, 0.5) is 0 Å². The molecular weight excluding hydrogens is 214 g/mol. The van der Waals surface area contributed by atoms with E-state index in [1.165, 1.54) is 25.7 Å². The summed E-state index contributed by atoms with van der Waals surface area (Å²) in [6.07, 6.45) is 5.68. The molecular formula is C14H21NO2. The molecule has 3 fully saturated rings. The molecule has 3 heteroatoms. The number of amides is 1. The van der Waals surface area contributed by atoms with Crippen molar-refractivity contribution in [2.45, 2.75) is 39.0 Å². The first-order valence-electron chi connectivity index (χ1n) is 7.00. The Hall–Kier alpha value is -0.860. The van der Waals surface area contributed by atoms with Crippen molar-refractivity contribution in [3.05, 3.63) is 0 Å². The third-order valence-electron chi connectivity index (χ3n) is 4.93. The van der Waals surface area contributed by atoms with Crippen molar-refractivity contribution in [1.29, 1.82) is 0 Å². The number of nitrogens with zero attached hydrogens (tertiary/aromatic N) is 1. The molecule has 1 saturated heterocycles. The van der Waals surface area contributed by atoms with Crippen molar-refractivity contribution < 1.29 is 9.59 Å². The van der Waals surface area contributed by atoms with Crippen molar-refractivity contribution in [2.75, 3.05) is 13.1 Å². The molecule has 3 nitrogen and oxygen atoms in total. The molecule has 1 amide bonds. The molecule has 0 radical (unpaired) electrons. The minimum absolute atomic E-state index is 0.0495.